The van der Waals surface area contributed by atoms with E-state index in [1.807, 2.05) is 0 Å². The van der Waals surface area contributed by atoms with Gasteiger partial charge in [-0.15, -0.1) is 0 Å². The zero-order valence-corrected chi connectivity index (χ0v) is 33.9. The highest BCUT2D eigenvalue weighted by atomic mass is 14.8. The van der Waals surface area contributed by atoms with Gasteiger partial charge in [0.2, 0.25) is 0 Å². The summed E-state index contributed by atoms with van der Waals surface area (Å²) in [6.07, 6.45) is 22.1. The Hall–Kier alpha value is 0. The molecule has 272 valence electrons. The van der Waals surface area contributed by atoms with E-state index in [9.17, 15) is 0 Å². The van der Waals surface area contributed by atoms with Crippen LogP contribution in [-0.4, -0.2) is 0 Å². The lowest BCUT2D eigenvalue weighted by Gasteiger charge is -2.72. The molecule has 48 heavy (non-hydrogen) atoms. The van der Waals surface area contributed by atoms with Crippen LogP contribution in [0.5, 0.6) is 0 Å². The topological polar surface area (TPSA) is 0 Å². The summed E-state index contributed by atoms with van der Waals surface area (Å²) in [6, 6.07) is 0. The maximum Gasteiger partial charge on any atom is -0.0165 e. The fourth-order valence-electron chi connectivity index (χ4n) is 19.5. The predicted octanol–water partition coefficient (Wildman–Crippen LogP) is 13.4. The molecule has 0 radical (unpaired) electrons. The molecule has 0 bridgehead atoms. The second kappa shape index (κ2) is 11.0. The van der Waals surface area contributed by atoms with Crippen molar-refractivity contribution >= 4 is 0 Å². The quantitative estimate of drug-likeness (QED) is 0.277. The maximum absolute atomic E-state index is 2.96. The smallest absolute Gasteiger partial charge is 0.0165 e. The van der Waals surface area contributed by atoms with Crippen LogP contribution < -0.4 is 0 Å². The van der Waals surface area contributed by atoms with Gasteiger partial charge in [-0.05, 0) is 211 Å². The fourth-order valence-corrected chi connectivity index (χ4v) is 19.5. The summed E-state index contributed by atoms with van der Waals surface area (Å²) in [6.45, 7) is 29.7. The van der Waals surface area contributed by atoms with Crippen molar-refractivity contribution in [3.63, 3.8) is 0 Å². The van der Waals surface area contributed by atoms with Crippen molar-refractivity contribution in [2.24, 2.45) is 134 Å². The van der Waals surface area contributed by atoms with Gasteiger partial charge in [0.15, 0.2) is 0 Å². The Kier molecular flexibility index (Phi) is 7.76. The predicted molar refractivity (Wildman–Crippen MR) is 203 cm³/mol. The van der Waals surface area contributed by atoms with Gasteiger partial charge in [0.25, 0.3) is 0 Å². The standard InChI is InChI=1S/C48H80/c1-26-17-33-21-34-22-35(45(6,7)8)23-38-39-25-47(46(9,10)11,24-31-13-12-28(3)29(4)20-31)30(5)42(39)48(44(34)38)40-19-27(2)16-32-14-15-36(41(32)40)37(18-26)43(33)48/h26-44H,12-25H2,1-11H3. The SMILES string of the molecule is CC1CC2CC3CC(C(C)(C)C)CC4C5CC(CC6CCC(C)C(C)C6)(C(C)(C)C)C(C)C5C5(C6CC(C)CC7CCC(C(C1)C25)C76)C34. The molecule has 0 aromatic carbocycles. The number of hydrogen-bond acceptors (Lipinski definition) is 0. The number of rotatable bonds is 2. The number of fused-ring (bicyclic) bond motifs is 3. The summed E-state index contributed by atoms with van der Waals surface area (Å²) in [7, 11) is 0. The molecule has 0 heterocycles. The monoisotopic (exact) mass is 657 g/mol. The van der Waals surface area contributed by atoms with E-state index >= 15 is 0 Å². The Bertz CT molecular complexity index is 1230. The van der Waals surface area contributed by atoms with Crippen molar-refractivity contribution < 1.29 is 0 Å². The normalized spacial score (nSPS) is 60.2. The van der Waals surface area contributed by atoms with Crippen LogP contribution in [0, 0.1) is 134 Å². The van der Waals surface area contributed by atoms with E-state index in [1.165, 1.54) is 19.3 Å². The molecule has 0 aliphatic heterocycles. The first-order valence-corrected chi connectivity index (χ1v) is 22.6. The van der Waals surface area contributed by atoms with Crippen molar-refractivity contribution in [3.8, 4) is 0 Å². The van der Waals surface area contributed by atoms with Crippen molar-refractivity contribution in [3.05, 3.63) is 0 Å². The minimum atomic E-state index is 0.397. The van der Waals surface area contributed by atoms with Gasteiger partial charge in [0.1, 0.15) is 0 Å². The van der Waals surface area contributed by atoms with Gasteiger partial charge in [-0.3, -0.25) is 0 Å². The molecule has 0 N–H and O–H groups in total. The lowest BCUT2D eigenvalue weighted by Crippen LogP contribution is -2.67. The highest BCUT2D eigenvalue weighted by molar-refractivity contribution is 5.28. The molecule has 0 nitrogen and oxygen atoms in total. The molecule has 1 spiro atoms. The molecule has 9 aliphatic carbocycles. The Morgan fingerprint density at radius 3 is 1.90 bits per heavy atom. The van der Waals surface area contributed by atoms with E-state index in [1.54, 1.807) is 70.6 Å². The van der Waals surface area contributed by atoms with Gasteiger partial charge in [0, 0.05) is 0 Å². The molecule has 9 rings (SSSR count). The molecule has 9 fully saturated rings. The molecule has 9 saturated carbocycles. The third kappa shape index (κ3) is 4.43. The van der Waals surface area contributed by atoms with Crippen molar-refractivity contribution in [1.29, 1.82) is 0 Å². The lowest BCUT2D eigenvalue weighted by molar-refractivity contribution is -0.248. The zero-order valence-electron chi connectivity index (χ0n) is 33.9. The fraction of sp³-hybridized carbons (Fsp3) is 1.00. The average molecular weight is 657 g/mol. The van der Waals surface area contributed by atoms with E-state index < -0.39 is 0 Å². The lowest BCUT2D eigenvalue weighted by atomic mass is 9.32. The van der Waals surface area contributed by atoms with Crippen LogP contribution in [-0.2, 0) is 0 Å². The maximum atomic E-state index is 2.96. The molecule has 9 aliphatic rings. The molecule has 0 saturated heterocycles. The van der Waals surface area contributed by atoms with Crippen LogP contribution in [0.4, 0.5) is 0 Å². The van der Waals surface area contributed by atoms with Gasteiger partial charge in [-0.2, -0.15) is 0 Å². The Labute approximate surface area is 299 Å². The summed E-state index contributed by atoms with van der Waals surface area (Å²) in [5, 5.41) is 0. The Morgan fingerprint density at radius 1 is 0.542 bits per heavy atom. The molecule has 0 aromatic rings. The van der Waals surface area contributed by atoms with Crippen LogP contribution >= 0.6 is 0 Å². The van der Waals surface area contributed by atoms with Crippen molar-refractivity contribution in [2.75, 3.05) is 0 Å². The summed E-state index contributed by atoms with van der Waals surface area (Å²) in [4.78, 5) is 0. The first-order chi connectivity index (χ1) is 22.6. The minimum absolute atomic E-state index is 0.397. The van der Waals surface area contributed by atoms with Gasteiger partial charge < -0.3 is 0 Å². The Morgan fingerprint density at radius 2 is 1.21 bits per heavy atom. The molecule has 21 atom stereocenters. The average Bonchev–Trinajstić information content (AvgIpc) is 3.63. The molecule has 0 aromatic heterocycles. The molecule has 21 unspecified atom stereocenters. The van der Waals surface area contributed by atoms with Gasteiger partial charge in [-0.25, -0.2) is 0 Å². The van der Waals surface area contributed by atoms with Crippen LogP contribution in [0.25, 0.3) is 0 Å². The van der Waals surface area contributed by atoms with Crippen LogP contribution in [0.3, 0.4) is 0 Å². The zero-order chi connectivity index (χ0) is 33.9. The van der Waals surface area contributed by atoms with Gasteiger partial charge >= 0.3 is 0 Å². The summed E-state index contributed by atoms with van der Waals surface area (Å²) >= 11 is 0. The first kappa shape index (κ1) is 33.8. The van der Waals surface area contributed by atoms with Crippen molar-refractivity contribution in [2.45, 2.75) is 166 Å². The second-order valence-electron chi connectivity index (χ2n) is 24.4. The van der Waals surface area contributed by atoms with Crippen molar-refractivity contribution in [1.82, 2.24) is 0 Å². The third-order valence-electron chi connectivity index (χ3n) is 20.8. The summed E-state index contributed by atoms with van der Waals surface area (Å²) < 4.78 is 0. The van der Waals surface area contributed by atoms with E-state index in [4.69, 9.17) is 0 Å². The van der Waals surface area contributed by atoms with Gasteiger partial charge in [-0.1, -0.05) is 89.0 Å². The largest absolute Gasteiger partial charge is 0.0625 e. The van der Waals surface area contributed by atoms with Gasteiger partial charge in [0.05, 0.1) is 0 Å². The van der Waals surface area contributed by atoms with E-state index in [2.05, 4.69) is 76.2 Å². The van der Waals surface area contributed by atoms with Crippen LogP contribution in [0.1, 0.15) is 166 Å². The Balaban J connectivity index is 1.23. The van der Waals surface area contributed by atoms with E-state index in [-0.39, 0.29) is 0 Å². The summed E-state index contributed by atoms with van der Waals surface area (Å²) in [5.41, 5.74) is 2.06. The molecular weight excluding hydrogens is 577 g/mol. The second-order valence-corrected chi connectivity index (χ2v) is 24.4. The first-order valence-electron chi connectivity index (χ1n) is 22.6. The van der Waals surface area contributed by atoms with E-state index in [0.717, 1.165) is 112 Å². The van der Waals surface area contributed by atoms with E-state index in [0.29, 0.717) is 21.7 Å². The summed E-state index contributed by atoms with van der Waals surface area (Å²) in [5.74, 6) is 19.4. The minimum Gasteiger partial charge on any atom is -0.0625 e. The highest BCUT2D eigenvalue weighted by Gasteiger charge is 2.80. The van der Waals surface area contributed by atoms with Crippen LogP contribution in [0.15, 0.2) is 0 Å². The molecule has 0 amide bonds. The van der Waals surface area contributed by atoms with Crippen LogP contribution in [0.2, 0.25) is 0 Å². The molecule has 0 heteroatoms. The number of hydrogen-bond donors (Lipinski definition) is 0. The molecular formula is C48H80. The third-order valence-corrected chi connectivity index (χ3v) is 20.8. The highest BCUT2D eigenvalue weighted by Crippen LogP contribution is 2.86.